The minimum Gasteiger partial charge on any atom is -0.454 e. The molecule has 0 atom stereocenters. The first-order valence-electron chi connectivity index (χ1n) is 8.59. The average molecular weight is 351 g/mol. The Morgan fingerprint density at radius 3 is 2.69 bits per heavy atom. The highest BCUT2D eigenvalue weighted by atomic mass is 16.7. The molecule has 0 bridgehead atoms. The number of carbonyl (C=O) groups is 1. The molecule has 0 saturated carbocycles. The molecule has 0 unspecified atom stereocenters. The molecule has 1 N–H and O–H groups in total. The van der Waals surface area contributed by atoms with E-state index in [1.165, 1.54) is 0 Å². The SMILES string of the molecule is CCCN(CC(=O)Nc1ccc2c(c1)OCO2)Cc1ccc(C#N)cc1. The second-order valence-corrected chi connectivity index (χ2v) is 6.14. The summed E-state index contributed by atoms with van der Waals surface area (Å²) in [5, 5.41) is 11.8. The van der Waals surface area contributed by atoms with Gasteiger partial charge in [-0.05, 0) is 42.8 Å². The Morgan fingerprint density at radius 1 is 1.19 bits per heavy atom. The van der Waals surface area contributed by atoms with Gasteiger partial charge < -0.3 is 14.8 Å². The van der Waals surface area contributed by atoms with Gasteiger partial charge in [0.25, 0.3) is 0 Å². The van der Waals surface area contributed by atoms with Gasteiger partial charge in [0.05, 0.1) is 18.2 Å². The van der Waals surface area contributed by atoms with E-state index in [2.05, 4.69) is 23.2 Å². The molecule has 0 fully saturated rings. The molecule has 6 nitrogen and oxygen atoms in total. The van der Waals surface area contributed by atoms with Crippen molar-refractivity contribution in [2.75, 3.05) is 25.2 Å². The molecule has 3 rings (SSSR count). The standard InChI is InChI=1S/C20H21N3O3/c1-2-9-23(12-16-5-3-15(11-21)4-6-16)13-20(24)22-17-7-8-18-19(10-17)26-14-25-18/h3-8,10H,2,9,12-14H2,1H3,(H,22,24). The molecule has 1 amide bonds. The number of benzene rings is 2. The summed E-state index contributed by atoms with van der Waals surface area (Å²) in [7, 11) is 0. The monoisotopic (exact) mass is 351 g/mol. The number of amides is 1. The van der Waals surface area contributed by atoms with Gasteiger partial charge in [0, 0.05) is 18.3 Å². The zero-order valence-corrected chi connectivity index (χ0v) is 14.7. The van der Waals surface area contributed by atoms with Crippen LogP contribution in [0.1, 0.15) is 24.5 Å². The smallest absolute Gasteiger partial charge is 0.238 e. The van der Waals surface area contributed by atoms with E-state index in [1.54, 1.807) is 30.3 Å². The van der Waals surface area contributed by atoms with Gasteiger partial charge in [0.2, 0.25) is 12.7 Å². The van der Waals surface area contributed by atoms with E-state index in [9.17, 15) is 4.79 Å². The molecular formula is C20H21N3O3. The first-order valence-corrected chi connectivity index (χ1v) is 8.59. The van der Waals surface area contributed by atoms with Gasteiger partial charge in [-0.3, -0.25) is 9.69 Å². The molecule has 1 aliphatic rings. The van der Waals surface area contributed by atoms with Gasteiger partial charge in [-0.25, -0.2) is 0 Å². The highest BCUT2D eigenvalue weighted by molar-refractivity contribution is 5.92. The highest BCUT2D eigenvalue weighted by Gasteiger charge is 2.15. The Morgan fingerprint density at radius 2 is 1.96 bits per heavy atom. The molecule has 0 aromatic heterocycles. The number of carbonyl (C=O) groups excluding carboxylic acids is 1. The van der Waals surface area contributed by atoms with E-state index >= 15 is 0 Å². The minimum absolute atomic E-state index is 0.0778. The van der Waals surface area contributed by atoms with E-state index in [0.717, 1.165) is 18.5 Å². The van der Waals surface area contributed by atoms with Gasteiger partial charge in [-0.2, -0.15) is 5.26 Å². The van der Waals surface area contributed by atoms with Crippen molar-refractivity contribution >= 4 is 11.6 Å². The highest BCUT2D eigenvalue weighted by Crippen LogP contribution is 2.34. The summed E-state index contributed by atoms with van der Waals surface area (Å²) in [6.07, 6.45) is 0.952. The van der Waals surface area contributed by atoms with Crippen LogP contribution in [0.4, 0.5) is 5.69 Å². The Balaban J connectivity index is 1.59. The van der Waals surface area contributed by atoms with Crippen LogP contribution in [-0.4, -0.2) is 30.7 Å². The maximum Gasteiger partial charge on any atom is 0.238 e. The molecule has 0 radical (unpaired) electrons. The predicted molar refractivity (Wildman–Crippen MR) is 97.9 cm³/mol. The zero-order chi connectivity index (χ0) is 18.4. The first kappa shape index (κ1) is 17.8. The van der Waals surface area contributed by atoms with Crippen LogP contribution in [0.25, 0.3) is 0 Å². The lowest BCUT2D eigenvalue weighted by Gasteiger charge is -2.21. The first-order chi connectivity index (χ1) is 12.7. The van der Waals surface area contributed by atoms with Crippen molar-refractivity contribution in [2.24, 2.45) is 0 Å². The summed E-state index contributed by atoms with van der Waals surface area (Å²) in [5.74, 6) is 1.26. The van der Waals surface area contributed by atoms with E-state index in [4.69, 9.17) is 14.7 Å². The molecule has 1 heterocycles. The van der Waals surface area contributed by atoms with Crippen LogP contribution in [0.5, 0.6) is 11.5 Å². The van der Waals surface area contributed by atoms with Crippen LogP contribution in [0, 0.1) is 11.3 Å². The van der Waals surface area contributed by atoms with Crippen molar-refractivity contribution in [1.29, 1.82) is 5.26 Å². The van der Waals surface area contributed by atoms with Crippen molar-refractivity contribution in [3.05, 3.63) is 53.6 Å². The Kier molecular flexibility index (Phi) is 5.72. The average Bonchev–Trinajstić information content (AvgIpc) is 3.10. The fourth-order valence-corrected chi connectivity index (χ4v) is 2.85. The zero-order valence-electron chi connectivity index (χ0n) is 14.7. The maximum atomic E-state index is 12.4. The summed E-state index contributed by atoms with van der Waals surface area (Å²) in [6, 6.07) is 14.9. The molecule has 0 aliphatic carbocycles. The molecule has 134 valence electrons. The molecule has 1 aliphatic heterocycles. The second kappa shape index (κ2) is 8.37. The van der Waals surface area contributed by atoms with Crippen LogP contribution < -0.4 is 14.8 Å². The molecule has 2 aromatic rings. The Hall–Kier alpha value is -3.04. The molecule has 6 heteroatoms. The Labute approximate surface area is 152 Å². The minimum atomic E-state index is -0.0778. The number of nitriles is 1. The third kappa shape index (κ3) is 4.52. The predicted octanol–water partition coefficient (Wildman–Crippen LogP) is 3.14. The molecule has 2 aromatic carbocycles. The molecule has 0 spiro atoms. The van der Waals surface area contributed by atoms with Gasteiger partial charge in [0.1, 0.15) is 0 Å². The number of ether oxygens (including phenoxy) is 2. The quantitative estimate of drug-likeness (QED) is 0.829. The van der Waals surface area contributed by atoms with Crippen molar-refractivity contribution < 1.29 is 14.3 Å². The van der Waals surface area contributed by atoms with Crippen molar-refractivity contribution in [3.63, 3.8) is 0 Å². The lowest BCUT2D eigenvalue weighted by Crippen LogP contribution is -2.33. The van der Waals surface area contributed by atoms with Gasteiger partial charge in [0.15, 0.2) is 11.5 Å². The van der Waals surface area contributed by atoms with Crippen LogP contribution in [0.15, 0.2) is 42.5 Å². The molecule has 26 heavy (non-hydrogen) atoms. The van der Waals surface area contributed by atoms with Gasteiger partial charge in [-0.15, -0.1) is 0 Å². The van der Waals surface area contributed by atoms with Crippen LogP contribution in [-0.2, 0) is 11.3 Å². The second-order valence-electron chi connectivity index (χ2n) is 6.14. The third-order valence-electron chi connectivity index (χ3n) is 4.05. The largest absolute Gasteiger partial charge is 0.454 e. The number of nitrogens with one attached hydrogen (secondary N) is 1. The van der Waals surface area contributed by atoms with E-state index in [1.807, 2.05) is 12.1 Å². The molecular weight excluding hydrogens is 330 g/mol. The topological polar surface area (TPSA) is 74.6 Å². The van der Waals surface area contributed by atoms with Gasteiger partial charge in [-0.1, -0.05) is 19.1 Å². The fourth-order valence-electron chi connectivity index (χ4n) is 2.85. The number of hydrogen-bond acceptors (Lipinski definition) is 5. The van der Waals surface area contributed by atoms with Crippen molar-refractivity contribution in [3.8, 4) is 17.6 Å². The van der Waals surface area contributed by atoms with Crippen LogP contribution >= 0.6 is 0 Å². The van der Waals surface area contributed by atoms with E-state index < -0.39 is 0 Å². The lowest BCUT2D eigenvalue weighted by atomic mass is 10.1. The Bertz CT molecular complexity index is 812. The summed E-state index contributed by atoms with van der Waals surface area (Å²) >= 11 is 0. The lowest BCUT2D eigenvalue weighted by molar-refractivity contribution is -0.117. The third-order valence-corrected chi connectivity index (χ3v) is 4.05. The summed E-state index contributed by atoms with van der Waals surface area (Å²) in [4.78, 5) is 14.5. The van der Waals surface area contributed by atoms with Gasteiger partial charge >= 0.3 is 0 Å². The summed E-state index contributed by atoms with van der Waals surface area (Å²) < 4.78 is 10.6. The fraction of sp³-hybridized carbons (Fsp3) is 0.300. The van der Waals surface area contributed by atoms with E-state index in [-0.39, 0.29) is 12.7 Å². The number of hydrogen-bond donors (Lipinski definition) is 1. The summed E-state index contributed by atoms with van der Waals surface area (Å²) in [5.41, 5.74) is 2.40. The number of anilines is 1. The maximum absolute atomic E-state index is 12.4. The van der Waals surface area contributed by atoms with Crippen LogP contribution in [0.2, 0.25) is 0 Å². The number of fused-ring (bicyclic) bond motifs is 1. The summed E-state index contributed by atoms with van der Waals surface area (Å²) in [6.45, 7) is 4.06. The van der Waals surface area contributed by atoms with Crippen LogP contribution in [0.3, 0.4) is 0 Å². The number of nitrogens with zero attached hydrogens (tertiary/aromatic N) is 2. The normalized spacial score (nSPS) is 12.0. The molecule has 0 saturated heterocycles. The number of rotatable bonds is 7. The van der Waals surface area contributed by atoms with E-state index in [0.29, 0.717) is 35.8 Å². The van der Waals surface area contributed by atoms with Crippen molar-refractivity contribution in [1.82, 2.24) is 4.90 Å². The van der Waals surface area contributed by atoms with Crippen molar-refractivity contribution in [2.45, 2.75) is 19.9 Å².